The fourth-order valence-corrected chi connectivity index (χ4v) is 5.24. The van der Waals surface area contributed by atoms with E-state index in [9.17, 15) is 0 Å². The van der Waals surface area contributed by atoms with E-state index in [1.165, 1.54) is 5.56 Å². The molecule has 3 aromatic rings. The number of ether oxygens (including phenoxy) is 1. The molecule has 28 heavy (non-hydrogen) atoms. The van der Waals surface area contributed by atoms with Crippen LogP contribution in [0.15, 0.2) is 30.7 Å². The van der Waals surface area contributed by atoms with Crippen molar-refractivity contribution in [3.63, 3.8) is 0 Å². The topological polar surface area (TPSA) is 48.1 Å². The summed E-state index contributed by atoms with van der Waals surface area (Å²) in [5, 5.41) is 10.8. The Morgan fingerprint density at radius 2 is 2.04 bits per heavy atom. The average molecular weight is 400 g/mol. The molecule has 0 amide bonds. The highest BCUT2D eigenvalue weighted by molar-refractivity contribution is 6.32. The molecule has 0 saturated carbocycles. The number of benzene rings is 1. The Kier molecular flexibility index (Phi) is 4.27. The highest BCUT2D eigenvalue weighted by Crippen LogP contribution is 2.40. The summed E-state index contributed by atoms with van der Waals surface area (Å²) in [6.45, 7) is 7.43. The van der Waals surface area contributed by atoms with E-state index in [-0.39, 0.29) is 5.54 Å². The standard InChI is InChI=1S/C21H26ClN5O/c1-14-6-15(4-5-26(14)21(2)12-28-13-21)18-8-20-16(7-19(18)22)9-24-27(20)17-10-23-25(3)11-17/h7-11,14-15H,4-6,12-13H2,1-3H3/t14-,15-/m1/s1. The molecule has 2 aromatic heterocycles. The first-order valence-electron chi connectivity index (χ1n) is 9.95. The van der Waals surface area contributed by atoms with E-state index in [4.69, 9.17) is 16.3 Å². The van der Waals surface area contributed by atoms with Gasteiger partial charge in [0, 0.05) is 23.5 Å². The molecule has 0 bridgehead atoms. The van der Waals surface area contributed by atoms with E-state index in [2.05, 4.69) is 41.1 Å². The van der Waals surface area contributed by atoms with Crippen LogP contribution in [0.4, 0.5) is 0 Å². The summed E-state index contributed by atoms with van der Waals surface area (Å²) in [6, 6.07) is 4.81. The first kappa shape index (κ1) is 18.2. The zero-order valence-corrected chi connectivity index (χ0v) is 17.4. The molecule has 2 aliphatic heterocycles. The second kappa shape index (κ2) is 6.58. The Balaban J connectivity index is 1.46. The molecule has 0 radical (unpaired) electrons. The SMILES string of the molecule is C[C@@H]1C[C@H](c2cc3c(cnn3-c3cnn(C)c3)cc2Cl)CCN1C1(C)COC1. The van der Waals surface area contributed by atoms with Crippen LogP contribution in [0.1, 0.15) is 38.2 Å². The van der Waals surface area contributed by atoms with Crippen molar-refractivity contribution in [2.45, 2.75) is 44.2 Å². The summed E-state index contributed by atoms with van der Waals surface area (Å²) in [5.74, 6) is 0.463. The molecule has 2 aliphatic rings. The summed E-state index contributed by atoms with van der Waals surface area (Å²) in [4.78, 5) is 2.62. The minimum absolute atomic E-state index is 0.205. The van der Waals surface area contributed by atoms with Crippen molar-refractivity contribution >= 4 is 22.5 Å². The van der Waals surface area contributed by atoms with Crippen LogP contribution >= 0.6 is 11.6 Å². The van der Waals surface area contributed by atoms with Gasteiger partial charge in [-0.2, -0.15) is 10.2 Å². The second-order valence-electron chi connectivity index (χ2n) is 8.61. The van der Waals surface area contributed by atoms with Crippen LogP contribution in [0.2, 0.25) is 5.02 Å². The van der Waals surface area contributed by atoms with E-state index in [0.717, 1.165) is 54.2 Å². The molecule has 2 saturated heterocycles. The quantitative estimate of drug-likeness (QED) is 0.672. The van der Waals surface area contributed by atoms with E-state index < -0.39 is 0 Å². The third kappa shape index (κ3) is 2.86. The van der Waals surface area contributed by atoms with Crippen molar-refractivity contribution in [3.05, 3.63) is 41.3 Å². The summed E-state index contributed by atoms with van der Waals surface area (Å²) in [5.41, 5.74) is 3.49. The Bertz CT molecular complexity index is 1020. The van der Waals surface area contributed by atoms with E-state index in [0.29, 0.717) is 12.0 Å². The zero-order chi connectivity index (χ0) is 19.5. The molecular formula is C21H26ClN5O. The van der Waals surface area contributed by atoms with Gasteiger partial charge in [0.15, 0.2) is 0 Å². The fourth-order valence-electron chi connectivity index (χ4n) is 4.92. The van der Waals surface area contributed by atoms with Gasteiger partial charge >= 0.3 is 0 Å². The van der Waals surface area contributed by atoms with Crippen LogP contribution in [0.3, 0.4) is 0 Å². The molecule has 2 atom stereocenters. The van der Waals surface area contributed by atoms with Crippen molar-refractivity contribution < 1.29 is 4.74 Å². The number of likely N-dealkylation sites (tertiary alicyclic amines) is 1. The lowest BCUT2D eigenvalue weighted by molar-refractivity contribution is -0.149. The predicted molar refractivity (Wildman–Crippen MR) is 110 cm³/mol. The van der Waals surface area contributed by atoms with Gasteiger partial charge in [-0.1, -0.05) is 11.6 Å². The van der Waals surface area contributed by atoms with Crippen molar-refractivity contribution in [1.29, 1.82) is 0 Å². The van der Waals surface area contributed by atoms with Crippen molar-refractivity contribution in [3.8, 4) is 5.69 Å². The first-order valence-corrected chi connectivity index (χ1v) is 10.3. The lowest BCUT2D eigenvalue weighted by atomic mass is 9.82. The fraction of sp³-hybridized carbons (Fsp3) is 0.524. The molecule has 148 valence electrons. The highest BCUT2D eigenvalue weighted by atomic mass is 35.5. The largest absolute Gasteiger partial charge is 0.377 e. The maximum atomic E-state index is 6.72. The van der Waals surface area contributed by atoms with Crippen LogP contribution in [-0.4, -0.2) is 55.8 Å². The predicted octanol–water partition coefficient (Wildman–Crippen LogP) is 3.77. The molecule has 2 fully saturated rings. The van der Waals surface area contributed by atoms with Crippen LogP contribution in [-0.2, 0) is 11.8 Å². The average Bonchev–Trinajstić information content (AvgIpc) is 3.24. The molecular weight excluding hydrogens is 374 g/mol. The lowest BCUT2D eigenvalue weighted by Crippen LogP contribution is -2.64. The van der Waals surface area contributed by atoms with Gasteiger partial charge in [-0.25, -0.2) is 4.68 Å². The molecule has 4 heterocycles. The Labute approximate surface area is 170 Å². The number of fused-ring (bicyclic) bond motifs is 1. The van der Waals surface area contributed by atoms with Crippen LogP contribution in [0.5, 0.6) is 0 Å². The summed E-state index contributed by atoms with van der Waals surface area (Å²) < 4.78 is 9.23. The minimum atomic E-state index is 0.205. The number of hydrogen-bond acceptors (Lipinski definition) is 4. The van der Waals surface area contributed by atoms with Crippen LogP contribution < -0.4 is 0 Å². The monoisotopic (exact) mass is 399 g/mol. The number of hydrogen-bond donors (Lipinski definition) is 0. The van der Waals surface area contributed by atoms with Gasteiger partial charge in [-0.3, -0.25) is 9.58 Å². The summed E-state index contributed by atoms with van der Waals surface area (Å²) in [6.07, 6.45) is 7.92. The number of aryl methyl sites for hydroxylation is 1. The molecule has 6 nitrogen and oxygen atoms in total. The van der Waals surface area contributed by atoms with Crippen molar-refractivity contribution in [1.82, 2.24) is 24.5 Å². The van der Waals surface area contributed by atoms with Crippen molar-refractivity contribution in [2.24, 2.45) is 7.05 Å². The van der Waals surface area contributed by atoms with Gasteiger partial charge in [0.1, 0.15) is 5.69 Å². The maximum absolute atomic E-state index is 6.72. The Morgan fingerprint density at radius 3 is 2.68 bits per heavy atom. The number of rotatable bonds is 3. The Morgan fingerprint density at radius 1 is 1.21 bits per heavy atom. The first-order chi connectivity index (χ1) is 13.4. The molecule has 0 spiro atoms. The molecule has 0 aliphatic carbocycles. The number of nitrogens with zero attached hydrogens (tertiary/aromatic N) is 5. The molecule has 0 N–H and O–H groups in total. The van der Waals surface area contributed by atoms with Gasteiger partial charge in [-0.15, -0.1) is 0 Å². The van der Waals surface area contributed by atoms with Gasteiger partial charge in [0.2, 0.25) is 0 Å². The maximum Gasteiger partial charge on any atom is 0.103 e. The molecule has 1 aromatic carbocycles. The number of halogens is 1. The summed E-state index contributed by atoms with van der Waals surface area (Å²) >= 11 is 6.72. The van der Waals surface area contributed by atoms with Gasteiger partial charge in [-0.05, 0) is 56.8 Å². The van der Waals surface area contributed by atoms with Gasteiger partial charge in [0.05, 0.1) is 42.9 Å². The number of piperidine rings is 1. The Hall–Kier alpha value is -1.89. The number of aromatic nitrogens is 4. The van der Waals surface area contributed by atoms with Gasteiger partial charge in [0.25, 0.3) is 0 Å². The van der Waals surface area contributed by atoms with Crippen LogP contribution in [0, 0.1) is 0 Å². The van der Waals surface area contributed by atoms with E-state index in [1.807, 2.05) is 30.3 Å². The summed E-state index contributed by atoms with van der Waals surface area (Å²) in [7, 11) is 1.92. The highest BCUT2D eigenvalue weighted by Gasteiger charge is 2.44. The third-order valence-electron chi connectivity index (χ3n) is 6.46. The lowest BCUT2D eigenvalue weighted by Gasteiger charge is -2.53. The van der Waals surface area contributed by atoms with E-state index >= 15 is 0 Å². The zero-order valence-electron chi connectivity index (χ0n) is 16.6. The van der Waals surface area contributed by atoms with E-state index in [1.54, 1.807) is 4.68 Å². The van der Waals surface area contributed by atoms with Gasteiger partial charge < -0.3 is 4.74 Å². The third-order valence-corrected chi connectivity index (χ3v) is 6.79. The van der Waals surface area contributed by atoms with Crippen molar-refractivity contribution in [2.75, 3.05) is 19.8 Å². The molecule has 0 unspecified atom stereocenters. The molecule has 5 rings (SSSR count). The smallest absolute Gasteiger partial charge is 0.103 e. The second-order valence-corrected chi connectivity index (χ2v) is 9.02. The van der Waals surface area contributed by atoms with Crippen LogP contribution in [0.25, 0.3) is 16.6 Å². The molecule has 7 heteroatoms. The minimum Gasteiger partial charge on any atom is -0.377 e. The normalized spacial score (nSPS) is 25.1.